The number of aliphatic hydroxyl groups is 1. The number of esters is 1. The third kappa shape index (κ3) is 1.83. The second-order valence-electron chi connectivity index (χ2n) is 1.03. The van der Waals surface area contributed by atoms with Crippen LogP contribution in [-0.4, -0.2) is 24.3 Å². The quantitative estimate of drug-likeness (QED) is 0.492. The van der Waals surface area contributed by atoms with Crippen LogP contribution in [0.4, 0.5) is 8.78 Å². The summed E-state index contributed by atoms with van der Waals surface area (Å²) < 4.78 is 25.9. The molecule has 3 nitrogen and oxygen atoms in total. The molecule has 1 N–H and O–H groups in total. The van der Waals surface area contributed by atoms with E-state index >= 15 is 0 Å². The van der Waals surface area contributed by atoms with Crippen LogP contribution in [0, 0.1) is 0 Å². The normalized spacial score (nSPS) is 11.0. The molecule has 0 aliphatic carbocycles. The van der Waals surface area contributed by atoms with Gasteiger partial charge in [0.15, 0.2) is 0 Å². The minimum absolute atomic E-state index is 0.756. The number of carbonyl (C=O) groups is 1. The molecule has 0 aliphatic heterocycles. The van der Waals surface area contributed by atoms with Crippen LogP contribution in [0.15, 0.2) is 0 Å². The predicted molar refractivity (Wildman–Crippen MR) is 19.2 cm³/mol. The van der Waals surface area contributed by atoms with Crippen molar-refractivity contribution in [2.24, 2.45) is 0 Å². The highest BCUT2D eigenvalue weighted by molar-refractivity contribution is 5.75. The van der Waals surface area contributed by atoms with Crippen molar-refractivity contribution < 1.29 is 23.4 Å². The van der Waals surface area contributed by atoms with Crippen LogP contribution in [0.1, 0.15) is 0 Å². The SMILES string of the molecule is COC(=O)C(O)(F)F. The monoisotopic (exact) mass is 126 g/mol. The van der Waals surface area contributed by atoms with E-state index in [2.05, 4.69) is 4.74 Å². The van der Waals surface area contributed by atoms with E-state index < -0.39 is 12.1 Å². The summed E-state index contributed by atoms with van der Waals surface area (Å²) in [6.45, 7) is 0. The summed E-state index contributed by atoms with van der Waals surface area (Å²) in [7, 11) is 0.756. The Hall–Kier alpha value is -0.710. The maximum absolute atomic E-state index is 11.2. The second kappa shape index (κ2) is 2.04. The van der Waals surface area contributed by atoms with Gasteiger partial charge in [-0.05, 0) is 0 Å². The molecule has 5 heteroatoms. The molecule has 0 radical (unpaired) electrons. The smallest absolute Gasteiger partial charge is 0.453 e. The lowest BCUT2D eigenvalue weighted by Gasteiger charge is -2.02. The molecule has 0 rings (SSSR count). The Balaban J connectivity index is 3.82. The van der Waals surface area contributed by atoms with Gasteiger partial charge in [0.25, 0.3) is 0 Å². The maximum atomic E-state index is 11.2. The van der Waals surface area contributed by atoms with E-state index in [9.17, 15) is 13.6 Å². The van der Waals surface area contributed by atoms with Crippen molar-refractivity contribution in [2.45, 2.75) is 6.11 Å². The molecule has 0 saturated carbocycles. The summed E-state index contributed by atoms with van der Waals surface area (Å²) in [5.41, 5.74) is 0. The molecule has 0 aromatic carbocycles. The topological polar surface area (TPSA) is 46.5 Å². The number of methoxy groups -OCH3 is 1. The zero-order valence-corrected chi connectivity index (χ0v) is 4.02. The van der Waals surface area contributed by atoms with Crippen molar-refractivity contribution in [1.82, 2.24) is 0 Å². The van der Waals surface area contributed by atoms with E-state index in [1.165, 1.54) is 0 Å². The summed E-state index contributed by atoms with van der Waals surface area (Å²) in [4.78, 5) is 9.61. The van der Waals surface area contributed by atoms with E-state index in [1.807, 2.05) is 0 Å². The van der Waals surface area contributed by atoms with Crippen molar-refractivity contribution in [3.8, 4) is 0 Å². The Morgan fingerprint density at radius 2 is 2.12 bits per heavy atom. The lowest BCUT2D eigenvalue weighted by molar-refractivity contribution is -0.225. The van der Waals surface area contributed by atoms with Gasteiger partial charge in [-0.15, -0.1) is 0 Å². The Labute approximate surface area is 43.9 Å². The number of rotatable bonds is 1. The summed E-state index contributed by atoms with van der Waals surface area (Å²) in [6, 6.07) is 0. The van der Waals surface area contributed by atoms with Crippen LogP contribution < -0.4 is 0 Å². The van der Waals surface area contributed by atoms with Crippen LogP contribution in [0.5, 0.6) is 0 Å². The standard InChI is InChI=1S/C3H4F2O3/c1-8-2(6)3(4,5)7/h7H,1H3. The highest BCUT2D eigenvalue weighted by Gasteiger charge is 2.36. The van der Waals surface area contributed by atoms with E-state index in [4.69, 9.17) is 5.11 Å². The first kappa shape index (κ1) is 7.29. The highest BCUT2D eigenvalue weighted by Crippen LogP contribution is 2.08. The number of halogens is 2. The molecule has 0 aromatic rings. The van der Waals surface area contributed by atoms with Crippen molar-refractivity contribution in [3.63, 3.8) is 0 Å². The molecule has 0 atom stereocenters. The van der Waals surface area contributed by atoms with E-state index in [0.29, 0.717) is 0 Å². The maximum Gasteiger partial charge on any atom is 0.453 e. The van der Waals surface area contributed by atoms with E-state index in [-0.39, 0.29) is 0 Å². The summed E-state index contributed by atoms with van der Waals surface area (Å²) >= 11 is 0. The minimum Gasteiger partial charge on any atom is -0.463 e. The number of ether oxygens (including phenoxy) is 1. The molecular formula is C3H4F2O3. The molecule has 8 heavy (non-hydrogen) atoms. The molecule has 0 saturated heterocycles. The lowest BCUT2D eigenvalue weighted by Crippen LogP contribution is -2.28. The van der Waals surface area contributed by atoms with Crippen molar-refractivity contribution in [2.75, 3.05) is 7.11 Å². The van der Waals surface area contributed by atoms with Gasteiger partial charge in [0.05, 0.1) is 7.11 Å². The lowest BCUT2D eigenvalue weighted by atomic mass is 10.6. The van der Waals surface area contributed by atoms with Crippen LogP contribution in [0.2, 0.25) is 0 Å². The van der Waals surface area contributed by atoms with Crippen molar-refractivity contribution in [1.29, 1.82) is 0 Å². The number of hydrogen-bond acceptors (Lipinski definition) is 3. The van der Waals surface area contributed by atoms with Crippen LogP contribution in [0.25, 0.3) is 0 Å². The fourth-order valence-electron chi connectivity index (χ4n) is 0.123. The van der Waals surface area contributed by atoms with Gasteiger partial charge in [-0.25, -0.2) is 4.79 Å². The molecule has 0 unspecified atom stereocenters. The van der Waals surface area contributed by atoms with Crippen molar-refractivity contribution in [3.05, 3.63) is 0 Å². The number of hydrogen-bond donors (Lipinski definition) is 1. The van der Waals surface area contributed by atoms with E-state index in [1.54, 1.807) is 0 Å². The predicted octanol–water partition coefficient (Wildman–Crippen LogP) is -0.256. The van der Waals surface area contributed by atoms with Gasteiger partial charge in [0.2, 0.25) is 0 Å². The van der Waals surface area contributed by atoms with Crippen LogP contribution in [-0.2, 0) is 9.53 Å². The third-order valence-corrected chi connectivity index (χ3v) is 0.431. The fraction of sp³-hybridized carbons (Fsp3) is 0.667. The van der Waals surface area contributed by atoms with Gasteiger partial charge in [0.1, 0.15) is 0 Å². The van der Waals surface area contributed by atoms with Gasteiger partial charge < -0.3 is 9.84 Å². The Morgan fingerprint density at radius 3 is 2.12 bits per heavy atom. The largest absolute Gasteiger partial charge is 0.463 e. The average molecular weight is 126 g/mol. The van der Waals surface area contributed by atoms with Gasteiger partial charge in [0, 0.05) is 0 Å². The third-order valence-electron chi connectivity index (χ3n) is 0.431. The summed E-state index contributed by atoms with van der Waals surface area (Å²) in [5.74, 6) is -1.95. The van der Waals surface area contributed by atoms with Gasteiger partial charge in [-0.3, -0.25) is 0 Å². The Bertz CT molecular complexity index is 95.2. The van der Waals surface area contributed by atoms with Gasteiger partial charge >= 0.3 is 12.1 Å². The molecule has 0 aliphatic rings. The first-order valence-corrected chi connectivity index (χ1v) is 1.67. The zero-order valence-electron chi connectivity index (χ0n) is 4.02. The molecule has 0 aromatic heterocycles. The zero-order chi connectivity index (χ0) is 6.78. The second-order valence-corrected chi connectivity index (χ2v) is 1.03. The van der Waals surface area contributed by atoms with Crippen molar-refractivity contribution >= 4 is 5.97 Å². The molecule has 48 valence electrons. The Morgan fingerprint density at radius 1 is 1.75 bits per heavy atom. The molecule has 0 spiro atoms. The van der Waals surface area contributed by atoms with Gasteiger partial charge in [-0.2, -0.15) is 8.78 Å². The van der Waals surface area contributed by atoms with Crippen LogP contribution >= 0.6 is 0 Å². The molecule has 0 heterocycles. The van der Waals surface area contributed by atoms with Crippen LogP contribution in [0.3, 0.4) is 0 Å². The molecule has 0 amide bonds. The first-order valence-electron chi connectivity index (χ1n) is 1.67. The molecule has 0 bridgehead atoms. The number of carbonyl (C=O) groups excluding carboxylic acids is 1. The Kier molecular flexibility index (Phi) is 1.86. The molecular weight excluding hydrogens is 122 g/mol. The highest BCUT2D eigenvalue weighted by atomic mass is 19.3. The average Bonchev–Trinajstić information content (AvgIpc) is 1.62. The van der Waals surface area contributed by atoms with Gasteiger partial charge in [-0.1, -0.05) is 0 Å². The minimum atomic E-state index is -4.35. The number of alkyl halides is 2. The summed E-state index contributed by atoms with van der Waals surface area (Å²) in [6.07, 6.45) is -4.35. The fourth-order valence-corrected chi connectivity index (χ4v) is 0.123. The molecule has 0 fully saturated rings. The summed E-state index contributed by atoms with van der Waals surface area (Å²) in [5, 5.41) is 7.48. The first-order chi connectivity index (χ1) is 3.48. The van der Waals surface area contributed by atoms with E-state index in [0.717, 1.165) is 7.11 Å².